The quantitative estimate of drug-likeness (QED) is 0.237. The summed E-state index contributed by atoms with van der Waals surface area (Å²) in [4.78, 5) is 44.1. The van der Waals surface area contributed by atoms with Gasteiger partial charge in [0.15, 0.2) is 0 Å². The molecule has 4 aromatic rings. The Balaban J connectivity index is 0.000000559. The lowest BCUT2D eigenvalue weighted by atomic mass is 10.1. The zero-order valence-electron chi connectivity index (χ0n) is 20.8. The van der Waals surface area contributed by atoms with E-state index in [0.717, 1.165) is 11.3 Å². The van der Waals surface area contributed by atoms with Crippen LogP contribution >= 0.6 is 11.6 Å². The highest BCUT2D eigenvalue weighted by atomic mass is 35.5. The molecule has 3 aromatic heterocycles. The van der Waals surface area contributed by atoms with Crippen molar-refractivity contribution in [3.8, 4) is 0 Å². The Labute approximate surface area is 229 Å². The standard InChI is InChI=1S/C24H21ClFN5O2.C2HF3O2/c1-14(32)28-12-18-3-2-15(10-29-18)6-19-7-16(4-5-27-19)24(33)31-11-17-8-20-21(25)13-30-23(20)9-22(17)26;3-2(4,5)1(6)7/h2-5,7-10,13,30H,6,11-12H2,1H3,(H,28,32)(H,31,33);(H,6,7). The van der Waals surface area contributed by atoms with E-state index in [0.29, 0.717) is 45.7 Å². The van der Waals surface area contributed by atoms with Crippen molar-refractivity contribution in [2.24, 2.45) is 0 Å². The van der Waals surface area contributed by atoms with Crippen molar-refractivity contribution in [3.05, 3.63) is 93.9 Å². The number of hydrogen-bond acceptors (Lipinski definition) is 5. The molecule has 210 valence electrons. The van der Waals surface area contributed by atoms with Crippen LogP contribution in [0.5, 0.6) is 0 Å². The van der Waals surface area contributed by atoms with Gasteiger partial charge in [0, 0.05) is 66.2 Å². The predicted molar refractivity (Wildman–Crippen MR) is 137 cm³/mol. The van der Waals surface area contributed by atoms with Crippen molar-refractivity contribution in [2.75, 3.05) is 0 Å². The van der Waals surface area contributed by atoms with Gasteiger partial charge in [0.25, 0.3) is 5.91 Å². The number of nitrogens with one attached hydrogen (secondary N) is 3. The minimum atomic E-state index is -5.08. The fourth-order valence-electron chi connectivity index (χ4n) is 3.37. The van der Waals surface area contributed by atoms with E-state index >= 15 is 0 Å². The van der Waals surface area contributed by atoms with E-state index < -0.39 is 18.0 Å². The van der Waals surface area contributed by atoms with Crippen LogP contribution in [0.25, 0.3) is 10.9 Å². The molecule has 0 saturated carbocycles. The van der Waals surface area contributed by atoms with Crippen LogP contribution in [0.2, 0.25) is 5.02 Å². The fraction of sp³-hybridized carbons (Fsp3) is 0.192. The summed E-state index contributed by atoms with van der Waals surface area (Å²) in [6.07, 6.45) is 0.288. The SMILES string of the molecule is CC(=O)NCc1ccc(Cc2cc(C(=O)NCc3cc4c(Cl)c[nH]c4cc3F)ccn2)cn1.O=C(O)C(F)(F)F. The topological polar surface area (TPSA) is 137 Å². The van der Waals surface area contributed by atoms with E-state index in [-0.39, 0.29) is 18.4 Å². The summed E-state index contributed by atoms with van der Waals surface area (Å²) < 4.78 is 46.1. The van der Waals surface area contributed by atoms with Crippen molar-refractivity contribution < 1.29 is 37.1 Å². The molecule has 0 atom stereocenters. The number of amides is 2. The van der Waals surface area contributed by atoms with Crippen molar-refractivity contribution in [1.29, 1.82) is 0 Å². The zero-order chi connectivity index (χ0) is 29.4. The minimum Gasteiger partial charge on any atom is -0.475 e. The molecule has 0 bridgehead atoms. The van der Waals surface area contributed by atoms with Gasteiger partial charge in [-0.2, -0.15) is 13.2 Å². The average Bonchev–Trinajstić information content (AvgIpc) is 3.25. The number of nitrogens with zero attached hydrogens (tertiary/aromatic N) is 2. The molecule has 0 radical (unpaired) electrons. The molecular weight excluding hydrogens is 558 g/mol. The first-order valence-corrected chi connectivity index (χ1v) is 11.9. The number of benzene rings is 1. The summed E-state index contributed by atoms with van der Waals surface area (Å²) in [7, 11) is 0. The molecule has 40 heavy (non-hydrogen) atoms. The number of rotatable bonds is 7. The van der Waals surface area contributed by atoms with Crippen LogP contribution in [0.1, 0.15) is 39.8 Å². The molecular formula is C26H22ClF4N5O4. The lowest BCUT2D eigenvalue weighted by Gasteiger charge is -2.09. The molecule has 14 heteroatoms. The third-order valence-corrected chi connectivity index (χ3v) is 5.66. The van der Waals surface area contributed by atoms with Gasteiger partial charge in [0.05, 0.1) is 17.3 Å². The Hall–Kier alpha value is -4.52. The second-order valence-corrected chi connectivity index (χ2v) is 8.80. The van der Waals surface area contributed by atoms with Gasteiger partial charge in [-0.3, -0.25) is 19.6 Å². The van der Waals surface area contributed by atoms with Crippen molar-refractivity contribution in [3.63, 3.8) is 0 Å². The number of hydrogen-bond donors (Lipinski definition) is 4. The van der Waals surface area contributed by atoms with Gasteiger partial charge >= 0.3 is 12.1 Å². The number of carboxylic acids is 1. The van der Waals surface area contributed by atoms with Gasteiger partial charge in [0.1, 0.15) is 5.82 Å². The summed E-state index contributed by atoms with van der Waals surface area (Å²) in [5.74, 6) is -3.63. The van der Waals surface area contributed by atoms with Crippen LogP contribution in [-0.4, -0.2) is 44.0 Å². The van der Waals surface area contributed by atoms with E-state index in [9.17, 15) is 27.2 Å². The summed E-state index contributed by atoms with van der Waals surface area (Å²) in [5, 5.41) is 13.8. The first-order valence-electron chi connectivity index (χ1n) is 11.5. The Morgan fingerprint density at radius 1 is 1.02 bits per heavy atom. The number of carbonyl (C=O) groups excluding carboxylic acids is 2. The maximum absolute atomic E-state index is 14.4. The lowest BCUT2D eigenvalue weighted by Crippen LogP contribution is -2.23. The lowest BCUT2D eigenvalue weighted by molar-refractivity contribution is -0.192. The molecule has 0 saturated heterocycles. The minimum absolute atomic E-state index is 0.0272. The molecule has 4 N–H and O–H groups in total. The van der Waals surface area contributed by atoms with E-state index in [1.165, 1.54) is 13.0 Å². The van der Waals surface area contributed by atoms with Gasteiger partial charge in [-0.05, 0) is 35.9 Å². The number of halogens is 5. The molecule has 3 heterocycles. The summed E-state index contributed by atoms with van der Waals surface area (Å²) >= 11 is 6.11. The summed E-state index contributed by atoms with van der Waals surface area (Å²) in [6, 6.07) is 10.0. The first-order chi connectivity index (χ1) is 18.8. The van der Waals surface area contributed by atoms with Gasteiger partial charge in [0.2, 0.25) is 5.91 Å². The molecule has 0 aliphatic rings. The number of H-pyrrole nitrogens is 1. The number of alkyl halides is 3. The Bertz CT molecular complexity index is 1520. The highest BCUT2D eigenvalue weighted by Crippen LogP contribution is 2.25. The summed E-state index contributed by atoms with van der Waals surface area (Å²) in [6.45, 7) is 1.85. The maximum Gasteiger partial charge on any atom is 0.490 e. The molecule has 1 aromatic carbocycles. The average molecular weight is 580 g/mol. The predicted octanol–water partition coefficient (Wildman–Crippen LogP) is 4.54. The molecule has 9 nitrogen and oxygen atoms in total. The number of carbonyl (C=O) groups is 3. The van der Waals surface area contributed by atoms with E-state index in [4.69, 9.17) is 21.5 Å². The van der Waals surface area contributed by atoms with Crippen molar-refractivity contribution in [2.45, 2.75) is 32.6 Å². The van der Waals surface area contributed by atoms with Gasteiger partial charge in [-0.25, -0.2) is 9.18 Å². The Kier molecular flexibility index (Phi) is 9.78. The van der Waals surface area contributed by atoms with Gasteiger partial charge in [-0.1, -0.05) is 17.7 Å². The number of carboxylic acid groups (broad SMARTS) is 1. The van der Waals surface area contributed by atoms with Crippen molar-refractivity contribution >= 4 is 40.3 Å². The van der Waals surface area contributed by atoms with Crippen LogP contribution in [0.3, 0.4) is 0 Å². The molecule has 0 spiro atoms. The number of aromatic nitrogens is 3. The second kappa shape index (κ2) is 13.0. The second-order valence-electron chi connectivity index (χ2n) is 8.39. The van der Waals surface area contributed by atoms with Crippen LogP contribution in [0.4, 0.5) is 17.6 Å². The van der Waals surface area contributed by atoms with Crippen LogP contribution in [0.15, 0.2) is 55.0 Å². The van der Waals surface area contributed by atoms with Gasteiger partial charge < -0.3 is 20.7 Å². The van der Waals surface area contributed by atoms with Gasteiger partial charge in [-0.15, -0.1) is 0 Å². The third-order valence-electron chi connectivity index (χ3n) is 5.35. The number of aliphatic carboxylic acids is 1. The fourth-order valence-corrected chi connectivity index (χ4v) is 3.58. The molecule has 0 aliphatic carbocycles. The monoisotopic (exact) mass is 579 g/mol. The zero-order valence-corrected chi connectivity index (χ0v) is 21.5. The third kappa shape index (κ3) is 8.50. The van der Waals surface area contributed by atoms with Crippen LogP contribution in [0, 0.1) is 5.82 Å². The van der Waals surface area contributed by atoms with E-state index in [2.05, 4.69) is 25.6 Å². The van der Waals surface area contributed by atoms with Crippen LogP contribution < -0.4 is 10.6 Å². The largest absolute Gasteiger partial charge is 0.490 e. The Morgan fingerprint density at radius 3 is 2.38 bits per heavy atom. The molecule has 4 rings (SSSR count). The smallest absolute Gasteiger partial charge is 0.475 e. The molecule has 0 unspecified atom stereocenters. The van der Waals surface area contributed by atoms with Crippen LogP contribution in [-0.2, 0) is 29.1 Å². The van der Waals surface area contributed by atoms with E-state index in [1.807, 2.05) is 12.1 Å². The molecule has 2 amide bonds. The Morgan fingerprint density at radius 2 is 1.75 bits per heavy atom. The van der Waals surface area contributed by atoms with Crippen molar-refractivity contribution in [1.82, 2.24) is 25.6 Å². The maximum atomic E-state index is 14.4. The highest BCUT2D eigenvalue weighted by molar-refractivity contribution is 6.35. The first kappa shape index (κ1) is 30.0. The summed E-state index contributed by atoms with van der Waals surface area (Å²) in [5.41, 5.74) is 3.75. The number of fused-ring (bicyclic) bond motifs is 1. The van der Waals surface area contributed by atoms with E-state index in [1.54, 1.807) is 36.8 Å². The number of pyridine rings is 2. The molecule has 0 aliphatic heterocycles. The molecule has 0 fully saturated rings. The highest BCUT2D eigenvalue weighted by Gasteiger charge is 2.38. The number of aromatic amines is 1. The normalized spacial score (nSPS) is 10.9.